The Morgan fingerprint density at radius 2 is 2.58 bits per heavy atom. The molecule has 1 rings (SSSR count). The summed E-state index contributed by atoms with van der Waals surface area (Å²) in [6.45, 7) is 2.23. The molecule has 0 bridgehead atoms. The fourth-order valence-electron chi connectivity index (χ4n) is 1.28. The highest BCUT2D eigenvalue weighted by atomic mass is 16.5. The molecule has 1 fully saturated rings. The Morgan fingerprint density at radius 1 is 1.83 bits per heavy atom. The van der Waals surface area contributed by atoms with E-state index in [1.54, 1.807) is 6.92 Å². The lowest BCUT2D eigenvalue weighted by Gasteiger charge is -2.08. The van der Waals surface area contributed by atoms with Crippen LogP contribution in [-0.2, 0) is 9.53 Å². The number of ether oxygens (including phenoxy) is 1. The van der Waals surface area contributed by atoms with Crippen molar-refractivity contribution < 1.29 is 9.53 Å². The quantitative estimate of drug-likeness (QED) is 0.612. The second kappa shape index (κ2) is 4.09. The maximum absolute atomic E-state index is 11.0. The minimum Gasteiger partial charge on any atom is -0.466 e. The van der Waals surface area contributed by atoms with Gasteiger partial charge in [-0.3, -0.25) is 10.2 Å². The van der Waals surface area contributed by atoms with E-state index in [4.69, 9.17) is 10.1 Å². The van der Waals surface area contributed by atoms with Gasteiger partial charge in [-0.2, -0.15) is 0 Å². The van der Waals surface area contributed by atoms with Crippen LogP contribution in [0.5, 0.6) is 0 Å². The van der Waals surface area contributed by atoms with Crippen molar-refractivity contribution in [2.45, 2.75) is 32.2 Å². The zero-order valence-corrected chi connectivity index (χ0v) is 7.22. The van der Waals surface area contributed by atoms with E-state index in [1.165, 1.54) is 0 Å². The molecule has 0 unspecified atom stereocenters. The first-order chi connectivity index (χ1) is 5.72. The summed E-state index contributed by atoms with van der Waals surface area (Å²) in [5.41, 5.74) is 0. The SMILES string of the molecule is CCOC(=O)C[C@@H]1CCC(=N)N1. The lowest BCUT2D eigenvalue weighted by molar-refractivity contribution is -0.143. The number of amidine groups is 1. The summed E-state index contributed by atoms with van der Waals surface area (Å²) in [4.78, 5) is 11.0. The molecule has 68 valence electrons. The van der Waals surface area contributed by atoms with Crippen molar-refractivity contribution in [3.8, 4) is 0 Å². The van der Waals surface area contributed by atoms with Gasteiger partial charge in [0.05, 0.1) is 18.9 Å². The lowest BCUT2D eigenvalue weighted by Crippen LogP contribution is -2.28. The molecular formula is C8H14N2O2. The van der Waals surface area contributed by atoms with E-state index in [-0.39, 0.29) is 12.0 Å². The smallest absolute Gasteiger partial charge is 0.307 e. The fourth-order valence-corrected chi connectivity index (χ4v) is 1.28. The van der Waals surface area contributed by atoms with Crippen LogP contribution in [0.15, 0.2) is 0 Å². The van der Waals surface area contributed by atoms with Gasteiger partial charge < -0.3 is 10.1 Å². The van der Waals surface area contributed by atoms with E-state index in [9.17, 15) is 4.79 Å². The predicted octanol–water partition coefficient (Wildman–Crippen LogP) is 0.669. The van der Waals surface area contributed by atoms with E-state index in [0.29, 0.717) is 18.9 Å². The topological polar surface area (TPSA) is 62.2 Å². The lowest BCUT2D eigenvalue weighted by atomic mass is 10.2. The van der Waals surface area contributed by atoms with Crippen LogP contribution in [-0.4, -0.2) is 24.5 Å². The van der Waals surface area contributed by atoms with Gasteiger partial charge in [-0.15, -0.1) is 0 Å². The average Bonchev–Trinajstić information content (AvgIpc) is 2.36. The van der Waals surface area contributed by atoms with Crippen LogP contribution in [0, 0.1) is 5.41 Å². The summed E-state index contributed by atoms with van der Waals surface area (Å²) in [6.07, 6.45) is 2.01. The fraction of sp³-hybridized carbons (Fsp3) is 0.750. The summed E-state index contributed by atoms with van der Waals surface area (Å²) in [7, 11) is 0. The molecular weight excluding hydrogens is 156 g/mol. The van der Waals surface area contributed by atoms with Crippen LogP contribution < -0.4 is 5.32 Å². The van der Waals surface area contributed by atoms with Gasteiger partial charge in [0.25, 0.3) is 0 Å². The Morgan fingerprint density at radius 3 is 3.08 bits per heavy atom. The van der Waals surface area contributed by atoms with Crippen molar-refractivity contribution in [2.75, 3.05) is 6.61 Å². The molecule has 4 heteroatoms. The molecule has 12 heavy (non-hydrogen) atoms. The number of hydrogen-bond acceptors (Lipinski definition) is 3. The molecule has 1 saturated heterocycles. The van der Waals surface area contributed by atoms with Gasteiger partial charge in [-0.05, 0) is 13.3 Å². The molecule has 0 aromatic rings. The maximum Gasteiger partial charge on any atom is 0.307 e. The van der Waals surface area contributed by atoms with E-state index in [1.807, 2.05) is 0 Å². The second-order valence-corrected chi connectivity index (χ2v) is 2.87. The zero-order valence-electron chi connectivity index (χ0n) is 7.22. The van der Waals surface area contributed by atoms with Crippen LogP contribution in [0.2, 0.25) is 0 Å². The van der Waals surface area contributed by atoms with Gasteiger partial charge in [-0.1, -0.05) is 0 Å². The summed E-state index contributed by atoms with van der Waals surface area (Å²) in [6, 6.07) is 0.122. The minimum absolute atomic E-state index is 0.122. The van der Waals surface area contributed by atoms with Crippen LogP contribution in [0.4, 0.5) is 0 Å². The van der Waals surface area contributed by atoms with Crippen molar-refractivity contribution in [1.29, 1.82) is 5.41 Å². The first-order valence-electron chi connectivity index (χ1n) is 4.22. The third-order valence-corrected chi connectivity index (χ3v) is 1.84. The van der Waals surface area contributed by atoms with Crippen molar-refractivity contribution in [3.05, 3.63) is 0 Å². The van der Waals surface area contributed by atoms with Crippen molar-refractivity contribution in [1.82, 2.24) is 5.32 Å². The third kappa shape index (κ3) is 2.53. The Kier molecular flexibility index (Phi) is 3.08. The Balaban J connectivity index is 2.23. The van der Waals surface area contributed by atoms with E-state index in [2.05, 4.69) is 5.32 Å². The third-order valence-electron chi connectivity index (χ3n) is 1.84. The van der Waals surface area contributed by atoms with Gasteiger partial charge in [0, 0.05) is 12.5 Å². The number of carbonyl (C=O) groups is 1. The van der Waals surface area contributed by atoms with E-state index in [0.717, 1.165) is 12.8 Å². The van der Waals surface area contributed by atoms with Crippen LogP contribution in [0.25, 0.3) is 0 Å². The van der Waals surface area contributed by atoms with Crippen LogP contribution in [0.1, 0.15) is 26.2 Å². The standard InChI is InChI=1S/C8H14N2O2/c1-2-12-8(11)5-6-3-4-7(9)10-6/h6H,2-5H2,1H3,(H2,9,10)/t6-/m0/s1. The molecule has 0 aromatic carbocycles. The normalized spacial score (nSPS) is 22.1. The summed E-state index contributed by atoms with van der Waals surface area (Å²) >= 11 is 0. The molecule has 2 N–H and O–H groups in total. The average molecular weight is 170 g/mol. The first kappa shape index (κ1) is 9.03. The van der Waals surface area contributed by atoms with Crippen molar-refractivity contribution >= 4 is 11.8 Å². The van der Waals surface area contributed by atoms with Crippen molar-refractivity contribution in [3.63, 3.8) is 0 Å². The van der Waals surface area contributed by atoms with E-state index >= 15 is 0 Å². The predicted molar refractivity (Wildman–Crippen MR) is 45.1 cm³/mol. The first-order valence-corrected chi connectivity index (χ1v) is 4.22. The highest BCUT2D eigenvalue weighted by Crippen LogP contribution is 2.10. The number of carbonyl (C=O) groups excluding carboxylic acids is 1. The molecule has 0 spiro atoms. The summed E-state index contributed by atoms with van der Waals surface area (Å²) < 4.78 is 4.79. The van der Waals surface area contributed by atoms with Crippen molar-refractivity contribution in [2.24, 2.45) is 0 Å². The maximum atomic E-state index is 11.0. The molecule has 0 aliphatic carbocycles. The Labute approximate surface area is 71.8 Å². The summed E-state index contributed by atoms with van der Waals surface area (Å²) in [5, 5.41) is 10.2. The van der Waals surface area contributed by atoms with Gasteiger partial charge in [-0.25, -0.2) is 0 Å². The Hall–Kier alpha value is -1.06. The molecule has 1 aliphatic heterocycles. The highest BCUT2D eigenvalue weighted by Gasteiger charge is 2.21. The summed E-state index contributed by atoms with van der Waals surface area (Å²) in [5.74, 6) is 0.356. The van der Waals surface area contributed by atoms with Gasteiger partial charge in [0.1, 0.15) is 0 Å². The monoisotopic (exact) mass is 170 g/mol. The molecule has 0 radical (unpaired) electrons. The Bertz CT molecular complexity index is 191. The van der Waals surface area contributed by atoms with Gasteiger partial charge in [0.15, 0.2) is 0 Å². The van der Waals surface area contributed by atoms with Crippen LogP contribution >= 0.6 is 0 Å². The van der Waals surface area contributed by atoms with Crippen LogP contribution in [0.3, 0.4) is 0 Å². The molecule has 0 saturated carbocycles. The molecule has 1 aliphatic rings. The second-order valence-electron chi connectivity index (χ2n) is 2.87. The number of nitrogens with one attached hydrogen (secondary N) is 2. The number of esters is 1. The molecule has 0 aromatic heterocycles. The number of rotatable bonds is 3. The molecule has 0 amide bonds. The largest absolute Gasteiger partial charge is 0.466 e. The molecule has 1 atom stereocenters. The van der Waals surface area contributed by atoms with Gasteiger partial charge >= 0.3 is 5.97 Å². The highest BCUT2D eigenvalue weighted by molar-refractivity contribution is 5.82. The zero-order chi connectivity index (χ0) is 8.97. The molecule has 1 heterocycles. The number of hydrogen-bond donors (Lipinski definition) is 2. The van der Waals surface area contributed by atoms with E-state index < -0.39 is 0 Å². The minimum atomic E-state index is -0.176. The molecule has 4 nitrogen and oxygen atoms in total. The van der Waals surface area contributed by atoms with Gasteiger partial charge in [0.2, 0.25) is 0 Å².